The zero-order valence-electron chi connectivity index (χ0n) is 16.7. The average Bonchev–Trinajstić information content (AvgIpc) is 2.66. The van der Waals surface area contributed by atoms with Crippen LogP contribution in [0.15, 0.2) is 12.1 Å². The summed E-state index contributed by atoms with van der Waals surface area (Å²) in [5.74, 6) is -6.83. The molecule has 2 nitrogen and oxygen atoms in total. The van der Waals surface area contributed by atoms with Crippen LogP contribution in [0.25, 0.3) is 0 Å². The molecule has 0 radical (unpaired) electrons. The van der Waals surface area contributed by atoms with Gasteiger partial charge < -0.3 is 9.47 Å². The quantitative estimate of drug-likeness (QED) is 0.507. The zero-order chi connectivity index (χ0) is 20.3. The SMILES string of the molecule is CCCC1CCC(C2CCC(c3ccc(OCC)c(F)c3F)CC2(F)F)CO1. The van der Waals surface area contributed by atoms with Crippen LogP contribution in [0, 0.1) is 23.5 Å². The smallest absolute Gasteiger partial charge is 0.251 e. The van der Waals surface area contributed by atoms with Crippen molar-refractivity contribution in [1.82, 2.24) is 0 Å². The second kappa shape index (κ2) is 9.02. The first kappa shape index (κ1) is 21.4. The lowest BCUT2D eigenvalue weighted by molar-refractivity contribution is -0.141. The van der Waals surface area contributed by atoms with Gasteiger partial charge in [0.2, 0.25) is 5.82 Å². The number of rotatable bonds is 6. The summed E-state index contributed by atoms with van der Waals surface area (Å²) in [5.41, 5.74) is 0.0296. The van der Waals surface area contributed by atoms with E-state index < -0.39 is 35.8 Å². The fraction of sp³-hybridized carbons (Fsp3) is 0.727. The van der Waals surface area contributed by atoms with Gasteiger partial charge in [0.1, 0.15) is 0 Å². The molecule has 158 valence electrons. The Bertz CT molecular complexity index is 656. The molecule has 1 aromatic carbocycles. The van der Waals surface area contributed by atoms with Crippen LogP contribution < -0.4 is 4.74 Å². The van der Waals surface area contributed by atoms with Crippen molar-refractivity contribution in [3.8, 4) is 5.75 Å². The number of benzene rings is 1. The molecule has 1 aromatic rings. The average molecular weight is 402 g/mol. The Hall–Kier alpha value is -1.30. The summed E-state index contributed by atoms with van der Waals surface area (Å²) in [5, 5.41) is 0. The topological polar surface area (TPSA) is 18.5 Å². The molecule has 0 N–H and O–H groups in total. The minimum atomic E-state index is -2.91. The molecule has 1 saturated carbocycles. The Morgan fingerprint density at radius 3 is 2.46 bits per heavy atom. The van der Waals surface area contributed by atoms with E-state index in [9.17, 15) is 17.6 Å². The van der Waals surface area contributed by atoms with Crippen molar-refractivity contribution in [3.63, 3.8) is 0 Å². The Morgan fingerprint density at radius 2 is 1.86 bits per heavy atom. The highest BCUT2D eigenvalue weighted by Crippen LogP contribution is 2.50. The summed E-state index contributed by atoms with van der Waals surface area (Å²) in [6.45, 7) is 4.35. The fourth-order valence-corrected chi connectivity index (χ4v) is 4.84. The second-order valence-corrected chi connectivity index (χ2v) is 8.14. The van der Waals surface area contributed by atoms with Crippen molar-refractivity contribution in [3.05, 3.63) is 29.3 Å². The summed E-state index contributed by atoms with van der Waals surface area (Å²) in [4.78, 5) is 0. The number of alkyl halides is 2. The molecule has 0 amide bonds. The lowest BCUT2D eigenvalue weighted by Gasteiger charge is -2.42. The predicted molar refractivity (Wildman–Crippen MR) is 99.9 cm³/mol. The first-order valence-electron chi connectivity index (χ1n) is 10.5. The van der Waals surface area contributed by atoms with Crippen LogP contribution in [0.5, 0.6) is 5.75 Å². The van der Waals surface area contributed by atoms with Crippen molar-refractivity contribution in [2.75, 3.05) is 13.2 Å². The monoisotopic (exact) mass is 402 g/mol. The molecule has 1 aliphatic heterocycles. The van der Waals surface area contributed by atoms with E-state index in [1.54, 1.807) is 6.92 Å². The molecule has 1 saturated heterocycles. The molecule has 1 heterocycles. The summed E-state index contributed by atoms with van der Waals surface area (Å²) < 4.78 is 69.4. The molecule has 3 rings (SSSR count). The van der Waals surface area contributed by atoms with E-state index in [-0.39, 0.29) is 29.9 Å². The molecule has 4 unspecified atom stereocenters. The van der Waals surface area contributed by atoms with Crippen molar-refractivity contribution in [2.24, 2.45) is 11.8 Å². The van der Waals surface area contributed by atoms with Gasteiger partial charge in [-0.2, -0.15) is 4.39 Å². The first-order chi connectivity index (χ1) is 13.4. The molecule has 4 atom stereocenters. The van der Waals surface area contributed by atoms with Gasteiger partial charge in [0.25, 0.3) is 5.92 Å². The highest BCUT2D eigenvalue weighted by molar-refractivity contribution is 5.33. The number of hydrogen-bond donors (Lipinski definition) is 0. The van der Waals surface area contributed by atoms with Crippen LogP contribution in [-0.2, 0) is 4.74 Å². The molecule has 6 heteroatoms. The Labute approximate surface area is 164 Å². The lowest BCUT2D eigenvalue weighted by Crippen LogP contribution is -2.43. The third kappa shape index (κ3) is 4.47. The van der Waals surface area contributed by atoms with Crippen molar-refractivity contribution in [1.29, 1.82) is 0 Å². The highest BCUT2D eigenvalue weighted by atomic mass is 19.3. The van der Waals surface area contributed by atoms with Gasteiger partial charge in [-0.25, -0.2) is 13.2 Å². The lowest BCUT2D eigenvalue weighted by atomic mass is 9.69. The van der Waals surface area contributed by atoms with Gasteiger partial charge in [-0.15, -0.1) is 0 Å². The van der Waals surface area contributed by atoms with E-state index in [1.165, 1.54) is 12.1 Å². The zero-order valence-corrected chi connectivity index (χ0v) is 16.7. The Morgan fingerprint density at radius 1 is 1.07 bits per heavy atom. The molecule has 0 bridgehead atoms. The maximum atomic E-state index is 15.0. The van der Waals surface area contributed by atoms with Crippen molar-refractivity contribution < 1.29 is 27.0 Å². The number of ether oxygens (including phenoxy) is 2. The van der Waals surface area contributed by atoms with Crippen LogP contribution >= 0.6 is 0 Å². The Balaban J connectivity index is 1.68. The van der Waals surface area contributed by atoms with Crippen LogP contribution in [-0.4, -0.2) is 25.2 Å². The van der Waals surface area contributed by atoms with E-state index in [2.05, 4.69) is 6.92 Å². The fourth-order valence-electron chi connectivity index (χ4n) is 4.84. The van der Waals surface area contributed by atoms with Crippen molar-refractivity contribution in [2.45, 2.75) is 76.7 Å². The third-order valence-electron chi connectivity index (χ3n) is 6.29. The number of halogens is 4. The van der Waals surface area contributed by atoms with Gasteiger partial charge in [-0.1, -0.05) is 19.4 Å². The molecule has 2 aliphatic rings. The minimum Gasteiger partial charge on any atom is -0.491 e. The molecular weight excluding hydrogens is 372 g/mol. The van der Waals surface area contributed by atoms with Gasteiger partial charge in [-0.3, -0.25) is 0 Å². The molecular formula is C22H30F4O2. The van der Waals surface area contributed by atoms with Gasteiger partial charge in [0, 0.05) is 12.3 Å². The summed E-state index contributed by atoms with van der Waals surface area (Å²) in [6.07, 6.45) is 4.05. The van der Waals surface area contributed by atoms with Crippen LogP contribution in [0.3, 0.4) is 0 Å². The van der Waals surface area contributed by atoms with Gasteiger partial charge in [-0.05, 0) is 62.5 Å². The summed E-state index contributed by atoms with van der Waals surface area (Å²) in [6, 6.07) is 2.73. The van der Waals surface area contributed by atoms with E-state index in [1.807, 2.05) is 0 Å². The molecule has 1 aliphatic carbocycles. The first-order valence-corrected chi connectivity index (χ1v) is 10.5. The van der Waals surface area contributed by atoms with Gasteiger partial charge in [0.15, 0.2) is 11.6 Å². The highest BCUT2D eigenvalue weighted by Gasteiger charge is 2.49. The maximum Gasteiger partial charge on any atom is 0.251 e. The van der Waals surface area contributed by atoms with Gasteiger partial charge in [0.05, 0.1) is 19.3 Å². The maximum absolute atomic E-state index is 15.0. The van der Waals surface area contributed by atoms with Crippen LogP contribution in [0.4, 0.5) is 17.6 Å². The second-order valence-electron chi connectivity index (χ2n) is 8.14. The van der Waals surface area contributed by atoms with Crippen molar-refractivity contribution >= 4 is 0 Å². The van der Waals surface area contributed by atoms with Crippen LogP contribution in [0.2, 0.25) is 0 Å². The molecule has 28 heavy (non-hydrogen) atoms. The Kier molecular flexibility index (Phi) is 6.89. The largest absolute Gasteiger partial charge is 0.491 e. The van der Waals surface area contributed by atoms with E-state index >= 15 is 0 Å². The normalized spacial score (nSPS) is 30.2. The molecule has 0 aromatic heterocycles. The van der Waals surface area contributed by atoms with Gasteiger partial charge >= 0.3 is 0 Å². The third-order valence-corrected chi connectivity index (χ3v) is 6.29. The summed E-state index contributed by atoms with van der Waals surface area (Å²) >= 11 is 0. The molecule has 2 fully saturated rings. The standard InChI is InChI=1S/C22H30F4O2/c1-3-5-16-8-6-15(13-28-16)18-10-7-14(12-22(18,25)26)17-9-11-19(27-4-2)21(24)20(17)23/h9,11,14-16,18H,3-8,10,12-13H2,1-2H3. The number of hydrogen-bond acceptors (Lipinski definition) is 2. The van der Waals surface area contributed by atoms with E-state index in [0.29, 0.717) is 19.4 Å². The summed E-state index contributed by atoms with van der Waals surface area (Å²) in [7, 11) is 0. The van der Waals surface area contributed by atoms with E-state index in [0.717, 1.165) is 25.7 Å². The predicted octanol–water partition coefficient (Wildman–Crippen LogP) is 6.48. The van der Waals surface area contributed by atoms with Crippen LogP contribution in [0.1, 0.15) is 70.3 Å². The van der Waals surface area contributed by atoms with E-state index in [4.69, 9.17) is 9.47 Å². The molecule has 0 spiro atoms. The minimum absolute atomic E-state index is 0.0296.